The zero-order valence-electron chi connectivity index (χ0n) is 20.4. The van der Waals surface area contributed by atoms with Gasteiger partial charge in [-0.3, -0.25) is 0 Å². The van der Waals surface area contributed by atoms with Crippen LogP contribution in [0.1, 0.15) is 28.6 Å². The van der Waals surface area contributed by atoms with Crippen molar-refractivity contribution in [3.8, 4) is 11.6 Å². The maximum Gasteiger partial charge on any atom is 0.258 e. The summed E-state index contributed by atoms with van der Waals surface area (Å²) in [5, 5.41) is 13.4. The maximum absolute atomic E-state index is 12.4. The van der Waals surface area contributed by atoms with Crippen molar-refractivity contribution in [2.75, 3.05) is 26.9 Å². The van der Waals surface area contributed by atoms with E-state index in [0.29, 0.717) is 70.2 Å². The van der Waals surface area contributed by atoms with E-state index >= 15 is 0 Å². The lowest BCUT2D eigenvalue weighted by Gasteiger charge is -2.30. The number of hydrogen-bond donors (Lipinski definition) is 1. The summed E-state index contributed by atoms with van der Waals surface area (Å²) >= 11 is 6.86. The van der Waals surface area contributed by atoms with E-state index in [1.165, 1.54) is 7.11 Å². The Bertz CT molecular complexity index is 1360. The van der Waals surface area contributed by atoms with E-state index in [0.717, 1.165) is 11.6 Å². The number of rotatable bonds is 7. The SMILES string of the molecule is COc1nc2ccc(C(O)(c3cnc(C)n3C)c3cnc(C)n3C)cc2c(Cl)c1OCC1COC1. The minimum atomic E-state index is -1.55. The molecule has 10 heteroatoms. The zero-order chi connectivity index (χ0) is 24.9. The average molecular weight is 498 g/mol. The summed E-state index contributed by atoms with van der Waals surface area (Å²) in [5.41, 5.74) is 0.893. The number of benzene rings is 1. The van der Waals surface area contributed by atoms with Crippen LogP contribution in [0.2, 0.25) is 5.02 Å². The molecule has 0 bridgehead atoms. The highest BCUT2D eigenvalue weighted by molar-refractivity contribution is 6.37. The minimum Gasteiger partial charge on any atom is -0.486 e. The summed E-state index contributed by atoms with van der Waals surface area (Å²) in [5.74, 6) is 2.55. The monoisotopic (exact) mass is 497 g/mol. The van der Waals surface area contributed by atoms with E-state index < -0.39 is 5.60 Å². The number of methoxy groups -OCH3 is 1. The largest absolute Gasteiger partial charge is 0.486 e. The molecule has 4 heterocycles. The van der Waals surface area contributed by atoms with E-state index in [1.54, 1.807) is 12.4 Å². The lowest BCUT2D eigenvalue weighted by Crippen LogP contribution is -2.33. The molecule has 4 aromatic rings. The Kier molecular flexibility index (Phi) is 5.94. The molecule has 35 heavy (non-hydrogen) atoms. The van der Waals surface area contributed by atoms with Crippen LogP contribution >= 0.6 is 11.6 Å². The number of imidazole rings is 2. The van der Waals surface area contributed by atoms with Crippen molar-refractivity contribution >= 4 is 22.5 Å². The molecule has 0 unspecified atom stereocenters. The number of nitrogens with zero attached hydrogens (tertiary/aromatic N) is 5. The van der Waals surface area contributed by atoms with Crippen LogP contribution in [0.4, 0.5) is 0 Å². The van der Waals surface area contributed by atoms with Crippen molar-refractivity contribution in [3.63, 3.8) is 0 Å². The molecule has 3 aromatic heterocycles. The van der Waals surface area contributed by atoms with Crippen LogP contribution in [0, 0.1) is 19.8 Å². The van der Waals surface area contributed by atoms with Gasteiger partial charge in [0.25, 0.3) is 5.88 Å². The van der Waals surface area contributed by atoms with Gasteiger partial charge >= 0.3 is 0 Å². The Hall–Kier alpha value is -3.14. The molecule has 1 aromatic carbocycles. The first-order valence-electron chi connectivity index (χ1n) is 11.3. The second kappa shape index (κ2) is 8.82. The number of aromatic nitrogens is 5. The maximum atomic E-state index is 12.4. The van der Waals surface area contributed by atoms with Gasteiger partial charge in [-0.2, -0.15) is 0 Å². The molecule has 0 atom stereocenters. The smallest absolute Gasteiger partial charge is 0.258 e. The number of aliphatic hydroxyl groups is 1. The van der Waals surface area contributed by atoms with E-state index in [2.05, 4.69) is 15.0 Å². The summed E-state index contributed by atoms with van der Waals surface area (Å²) in [6.07, 6.45) is 3.37. The molecule has 0 spiro atoms. The van der Waals surface area contributed by atoms with Gasteiger partial charge in [0.05, 0.1) is 61.3 Å². The zero-order valence-corrected chi connectivity index (χ0v) is 21.1. The third-order valence-corrected chi connectivity index (χ3v) is 7.19. The first-order valence-corrected chi connectivity index (χ1v) is 11.7. The molecular weight excluding hydrogens is 470 g/mol. The topological polar surface area (TPSA) is 96.5 Å². The number of fused-ring (bicyclic) bond motifs is 1. The fourth-order valence-electron chi connectivity index (χ4n) is 4.36. The molecule has 0 aliphatic carbocycles. The van der Waals surface area contributed by atoms with Gasteiger partial charge in [0.2, 0.25) is 5.75 Å². The average Bonchev–Trinajstić information content (AvgIpc) is 3.34. The fraction of sp³-hybridized carbons (Fsp3) is 0.400. The van der Waals surface area contributed by atoms with Gasteiger partial charge in [0.1, 0.15) is 11.6 Å². The third kappa shape index (κ3) is 3.74. The first-order chi connectivity index (χ1) is 16.8. The molecule has 0 saturated carbocycles. The number of ether oxygens (including phenoxy) is 3. The number of halogens is 1. The minimum absolute atomic E-state index is 0.309. The Labute approximate surface area is 208 Å². The molecule has 0 radical (unpaired) electrons. The highest BCUT2D eigenvalue weighted by atomic mass is 35.5. The van der Waals surface area contributed by atoms with Crippen LogP contribution in [0.15, 0.2) is 30.6 Å². The quantitative estimate of drug-likeness (QED) is 0.418. The molecule has 1 aliphatic heterocycles. The lowest BCUT2D eigenvalue weighted by atomic mass is 9.86. The molecule has 5 rings (SSSR count). The summed E-state index contributed by atoms with van der Waals surface area (Å²) < 4.78 is 20.5. The predicted octanol–water partition coefficient (Wildman–Crippen LogP) is 3.29. The molecule has 0 amide bonds. The third-order valence-electron chi connectivity index (χ3n) is 6.81. The Morgan fingerprint density at radius 3 is 2.23 bits per heavy atom. The van der Waals surface area contributed by atoms with Crippen molar-refractivity contribution in [1.82, 2.24) is 24.1 Å². The molecule has 184 valence electrons. The van der Waals surface area contributed by atoms with Crippen LogP contribution in [0.3, 0.4) is 0 Å². The molecule has 1 aliphatic rings. The van der Waals surface area contributed by atoms with Gasteiger partial charge < -0.3 is 28.5 Å². The molecule has 9 nitrogen and oxygen atoms in total. The van der Waals surface area contributed by atoms with Gasteiger partial charge in [-0.1, -0.05) is 17.7 Å². The van der Waals surface area contributed by atoms with Crippen LogP contribution < -0.4 is 9.47 Å². The highest BCUT2D eigenvalue weighted by Gasteiger charge is 2.40. The second-order valence-electron chi connectivity index (χ2n) is 8.92. The van der Waals surface area contributed by atoms with Crippen molar-refractivity contribution in [3.05, 3.63) is 64.2 Å². The summed E-state index contributed by atoms with van der Waals surface area (Å²) in [7, 11) is 5.29. The first kappa shape index (κ1) is 23.6. The summed E-state index contributed by atoms with van der Waals surface area (Å²) in [4.78, 5) is 13.5. The summed E-state index contributed by atoms with van der Waals surface area (Å²) in [6, 6.07) is 5.50. The van der Waals surface area contributed by atoms with Crippen molar-refractivity contribution < 1.29 is 19.3 Å². The van der Waals surface area contributed by atoms with Crippen molar-refractivity contribution in [1.29, 1.82) is 0 Å². The van der Waals surface area contributed by atoms with E-state index in [1.807, 2.05) is 55.3 Å². The van der Waals surface area contributed by atoms with Crippen LogP contribution in [-0.2, 0) is 24.4 Å². The van der Waals surface area contributed by atoms with E-state index in [4.69, 9.17) is 25.8 Å². The van der Waals surface area contributed by atoms with Gasteiger partial charge in [-0.05, 0) is 31.5 Å². The fourth-order valence-corrected chi connectivity index (χ4v) is 4.65. The Morgan fingerprint density at radius 1 is 1.11 bits per heavy atom. The number of aryl methyl sites for hydroxylation is 2. The normalized spacial score (nSPS) is 14.4. The van der Waals surface area contributed by atoms with Gasteiger partial charge in [-0.15, -0.1) is 0 Å². The molecule has 1 fully saturated rings. The Balaban J connectivity index is 1.70. The van der Waals surface area contributed by atoms with E-state index in [-0.39, 0.29) is 0 Å². The van der Waals surface area contributed by atoms with Gasteiger partial charge in [0, 0.05) is 25.4 Å². The Morgan fingerprint density at radius 2 is 1.74 bits per heavy atom. The van der Waals surface area contributed by atoms with Crippen LogP contribution in [0.5, 0.6) is 11.6 Å². The van der Waals surface area contributed by atoms with Crippen molar-refractivity contribution in [2.24, 2.45) is 20.0 Å². The standard InChI is InChI=1S/C25H28ClN5O4/c1-14-27-9-20(30(14)3)25(32,21-10-28-15(2)31(21)4)17-6-7-19-18(8-17)22(26)23(24(29-19)33-5)35-13-16-11-34-12-16/h6-10,16,32H,11-13H2,1-5H3. The predicted molar refractivity (Wildman–Crippen MR) is 131 cm³/mol. The number of hydrogen-bond acceptors (Lipinski definition) is 7. The highest BCUT2D eigenvalue weighted by Crippen LogP contribution is 2.43. The van der Waals surface area contributed by atoms with Crippen molar-refractivity contribution in [2.45, 2.75) is 19.4 Å². The van der Waals surface area contributed by atoms with Gasteiger partial charge in [0.15, 0.2) is 5.60 Å². The molecule has 1 saturated heterocycles. The van der Waals surface area contributed by atoms with Crippen LogP contribution in [0.25, 0.3) is 10.9 Å². The summed E-state index contributed by atoms with van der Waals surface area (Å²) in [6.45, 7) is 5.56. The van der Waals surface area contributed by atoms with E-state index in [9.17, 15) is 5.11 Å². The molecular formula is C25H28ClN5O4. The van der Waals surface area contributed by atoms with Crippen LogP contribution in [-0.4, -0.2) is 56.1 Å². The van der Waals surface area contributed by atoms with Gasteiger partial charge in [-0.25, -0.2) is 15.0 Å². The molecule has 1 N–H and O–H groups in total. The second-order valence-corrected chi connectivity index (χ2v) is 9.30. The lowest BCUT2D eigenvalue weighted by molar-refractivity contribution is -0.0511. The number of pyridine rings is 1.